The molecule has 2 aromatic heterocycles. The number of hydrogen-bond donors (Lipinski definition) is 1. The van der Waals surface area contributed by atoms with Gasteiger partial charge in [0.15, 0.2) is 0 Å². The second-order valence-electron chi connectivity index (χ2n) is 5.83. The van der Waals surface area contributed by atoms with E-state index < -0.39 is 0 Å². The monoisotopic (exact) mass is 347 g/mol. The maximum absolute atomic E-state index is 5.63. The van der Waals surface area contributed by atoms with E-state index in [-0.39, 0.29) is 0 Å². The van der Waals surface area contributed by atoms with Crippen LogP contribution < -0.4 is 4.74 Å². The number of pyridine rings is 1. The summed E-state index contributed by atoms with van der Waals surface area (Å²) in [7, 11) is 1.70. The Morgan fingerprint density at radius 1 is 0.958 bits per heavy atom. The van der Waals surface area contributed by atoms with Crippen molar-refractivity contribution in [1.82, 2.24) is 4.98 Å². The zero-order chi connectivity index (χ0) is 16.3. The van der Waals surface area contributed by atoms with Crippen LogP contribution in [0.1, 0.15) is 0 Å². The summed E-state index contributed by atoms with van der Waals surface area (Å²) in [6.07, 6.45) is 0. The molecular formula is C20H13NOS2. The number of fused-ring (bicyclic) bond motifs is 7. The minimum Gasteiger partial charge on any atom is -0.497 e. The minimum absolute atomic E-state index is 0.799. The number of ether oxygens (including phenoxy) is 1. The summed E-state index contributed by atoms with van der Waals surface area (Å²) < 4.78 is 8.64. The Balaban J connectivity index is 2.15. The number of H-pyrrole nitrogens is 1. The average molecular weight is 347 g/mol. The van der Waals surface area contributed by atoms with E-state index in [4.69, 9.17) is 17.0 Å². The van der Waals surface area contributed by atoms with E-state index in [9.17, 15) is 0 Å². The van der Waals surface area contributed by atoms with Crippen LogP contribution in [0.5, 0.6) is 5.75 Å². The summed E-state index contributed by atoms with van der Waals surface area (Å²) in [6.45, 7) is 0. The van der Waals surface area contributed by atoms with E-state index in [0.29, 0.717) is 0 Å². The van der Waals surface area contributed by atoms with E-state index in [1.54, 1.807) is 18.4 Å². The molecule has 0 radical (unpaired) electrons. The second-order valence-corrected chi connectivity index (χ2v) is 7.29. The smallest absolute Gasteiger partial charge is 0.121 e. The molecule has 24 heavy (non-hydrogen) atoms. The van der Waals surface area contributed by atoms with Crippen LogP contribution in [0.15, 0.2) is 54.6 Å². The van der Waals surface area contributed by atoms with Crippen molar-refractivity contribution in [2.45, 2.75) is 0 Å². The molecule has 5 aromatic rings. The fraction of sp³-hybridized carbons (Fsp3) is 0.0500. The van der Waals surface area contributed by atoms with Gasteiger partial charge in [0.25, 0.3) is 0 Å². The topological polar surface area (TPSA) is 25.0 Å². The second kappa shape index (κ2) is 5.03. The summed E-state index contributed by atoms with van der Waals surface area (Å²) in [6, 6.07) is 19.0. The Hall–Kier alpha value is -2.43. The summed E-state index contributed by atoms with van der Waals surface area (Å²) in [4.78, 5) is 3.36. The van der Waals surface area contributed by atoms with Crippen molar-refractivity contribution in [3.8, 4) is 5.75 Å². The summed E-state index contributed by atoms with van der Waals surface area (Å²) >= 11 is 7.38. The van der Waals surface area contributed by atoms with E-state index in [1.165, 1.54) is 26.2 Å². The van der Waals surface area contributed by atoms with Gasteiger partial charge >= 0.3 is 0 Å². The van der Waals surface area contributed by atoms with Crippen molar-refractivity contribution in [2.75, 3.05) is 7.11 Å². The van der Waals surface area contributed by atoms with Crippen LogP contribution in [-0.4, -0.2) is 12.1 Å². The minimum atomic E-state index is 0.799. The third-order valence-electron chi connectivity index (χ3n) is 4.53. The number of aromatic amines is 1. The van der Waals surface area contributed by atoms with Crippen LogP contribution in [0, 0.1) is 4.64 Å². The van der Waals surface area contributed by atoms with Crippen molar-refractivity contribution in [3.05, 3.63) is 59.2 Å². The fourth-order valence-electron chi connectivity index (χ4n) is 3.43. The van der Waals surface area contributed by atoms with Crippen molar-refractivity contribution in [3.63, 3.8) is 0 Å². The first kappa shape index (κ1) is 14.0. The van der Waals surface area contributed by atoms with Crippen LogP contribution >= 0.6 is 23.6 Å². The number of hydrogen-bond acceptors (Lipinski definition) is 3. The first-order valence-corrected chi connectivity index (χ1v) is 8.93. The van der Waals surface area contributed by atoms with Crippen molar-refractivity contribution in [1.29, 1.82) is 0 Å². The van der Waals surface area contributed by atoms with Gasteiger partial charge in [-0.1, -0.05) is 42.5 Å². The number of rotatable bonds is 1. The van der Waals surface area contributed by atoms with E-state index >= 15 is 0 Å². The summed E-state index contributed by atoms with van der Waals surface area (Å²) in [5.74, 6) is 0.855. The molecule has 0 unspecified atom stereocenters. The van der Waals surface area contributed by atoms with Gasteiger partial charge in [-0.3, -0.25) is 0 Å². The average Bonchev–Trinajstić information content (AvgIpc) is 3.02. The Labute approximate surface area is 147 Å². The third kappa shape index (κ3) is 1.84. The molecule has 0 fully saturated rings. The number of benzene rings is 3. The highest BCUT2D eigenvalue weighted by Crippen LogP contribution is 2.42. The predicted octanol–water partition coefficient (Wildman–Crippen LogP) is 6.43. The number of thiophene rings is 1. The van der Waals surface area contributed by atoms with E-state index in [1.807, 2.05) is 12.1 Å². The SMILES string of the molecule is COc1ccc2[nH]c(=S)c3sc4ccc5ccccc5c4c3c2c1. The molecule has 0 aliphatic heterocycles. The molecule has 1 N–H and O–H groups in total. The van der Waals surface area contributed by atoms with Crippen LogP contribution in [-0.2, 0) is 0 Å². The Morgan fingerprint density at radius 2 is 1.83 bits per heavy atom. The predicted molar refractivity (Wildman–Crippen MR) is 106 cm³/mol. The van der Waals surface area contributed by atoms with Gasteiger partial charge in [0, 0.05) is 26.4 Å². The molecule has 3 aromatic carbocycles. The maximum Gasteiger partial charge on any atom is 0.121 e. The molecule has 0 saturated carbocycles. The van der Waals surface area contributed by atoms with Crippen LogP contribution in [0.3, 0.4) is 0 Å². The van der Waals surface area contributed by atoms with Gasteiger partial charge in [-0.2, -0.15) is 0 Å². The van der Waals surface area contributed by atoms with Crippen molar-refractivity contribution < 1.29 is 4.74 Å². The molecule has 0 saturated heterocycles. The lowest BCUT2D eigenvalue weighted by Crippen LogP contribution is -1.86. The molecule has 2 nitrogen and oxygen atoms in total. The molecule has 5 rings (SSSR count). The number of aromatic nitrogens is 1. The molecule has 0 aliphatic carbocycles. The van der Waals surface area contributed by atoms with Gasteiger partial charge in [-0.15, -0.1) is 11.3 Å². The summed E-state index contributed by atoms with van der Waals surface area (Å²) in [5.41, 5.74) is 1.04. The van der Waals surface area contributed by atoms with Gasteiger partial charge < -0.3 is 9.72 Å². The first-order valence-electron chi connectivity index (χ1n) is 7.70. The first-order chi connectivity index (χ1) is 11.8. The maximum atomic E-state index is 5.63. The molecule has 116 valence electrons. The highest BCUT2D eigenvalue weighted by molar-refractivity contribution is 7.72. The Morgan fingerprint density at radius 3 is 2.71 bits per heavy atom. The molecule has 0 aliphatic rings. The Bertz CT molecular complexity index is 1310. The lowest BCUT2D eigenvalue weighted by atomic mass is 10.0. The third-order valence-corrected chi connectivity index (χ3v) is 6.14. The standard InChI is InChI=1S/C20H13NOS2/c1-22-12-7-8-15-14(10-12)18-17-13-5-3-2-4-11(13)6-9-16(17)24-19(18)20(23)21-15/h2-10H,1H3,(H,21,23). The van der Waals surface area contributed by atoms with Crippen molar-refractivity contribution in [2.24, 2.45) is 0 Å². The molecule has 0 atom stereocenters. The molecule has 4 heteroatoms. The van der Waals surface area contributed by atoms with Crippen LogP contribution in [0.2, 0.25) is 0 Å². The zero-order valence-electron chi connectivity index (χ0n) is 12.9. The lowest BCUT2D eigenvalue weighted by molar-refractivity contribution is 0.415. The highest BCUT2D eigenvalue weighted by Gasteiger charge is 2.14. The molecule has 0 bridgehead atoms. The van der Waals surface area contributed by atoms with E-state index in [0.717, 1.165) is 26.0 Å². The zero-order valence-corrected chi connectivity index (χ0v) is 14.6. The van der Waals surface area contributed by atoms with Gasteiger partial charge in [0.2, 0.25) is 0 Å². The van der Waals surface area contributed by atoms with Gasteiger partial charge in [0.1, 0.15) is 10.4 Å². The molecule has 0 spiro atoms. The lowest BCUT2D eigenvalue weighted by Gasteiger charge is -2.06. The molecule has 0 amide bonds. The largest absolute Gasteiger partial charge is 0.497 e. The normalized spacial score (nSPS) is 11.7. The molecule has 2 heterocycles. The molecular weight excluding hydrogens is 334 g/mol. The summed E-state index contributed by atoms with van der Waals surface area (Å²) in [5, 5.41) is 6.18. The van der Waals surface area contributed by atoms with Gasteiger partial charge in [-0.25, -0.2) is 0 Å². The number of methoxy groups -OCH3 is 1. The fourth-order valence-corrected chi connectivity index (χ4v) is 4.90. The van der Waals surface area contributed by atoms with Crippen LogP contribution in [0.25, 0.3) is 41.8 Å². The van der Waals surface area contributed by atoms with Gasteiger partial charge in [-0.05, 0) is 35.0 Å². The quantitative estimate of drug-likeness (QED) is 0.354. The van der Waals surface area contributed by atoms with Gasteiger partial charge in [0.05, 0.1) is 11.8 Å². The highest BCUT2D eigenvalue weighted by atomic mass is 32.1. The van der Waals surface area contributed by atoms with Crippen molar-refractivity contribution >= 4 is 65.4 Å². The van der Waals surface area contributed by atoms with Crippen LogP contribution in [0.4, 0.5) is 0 Å². The van der Waals surface area contributed by atoms with E-state index in [2.05, 4.69) is 47.4 Å². The number of nitrogens with one attached hydrogen (secondary N) is 1. The Kier molecular flexibility index (Phi) is 2.93.